The van der Waals surface area contributed by atoms with Crippen molar-refractivity contribution in [1.82, 2.24) is 20.5 Å². The molecule has 0 aliphatic carbocycles. The maximum atomic E-state index is 5.15. The molecule has 2 rings (SSSR count). The first-order chi connectivity index (χ1) is 7.88. The Hall–Kier alpha value is -1.88. The van der Waals surface area contributed by atoms with Crippen molar-refractivity contribution in [3.8, 4) is 5.75 Å². The number of aromatic amines is 1. The summed E-state index contributed by atoms with van der Waals surface area (Å²) < 4.78 is 5.15. The van der Waals surface area contributed by atoms with Crippen LogP contribution in [0.1, 0.15) is 11.4 Å². The second kappa shape index (κ2) is 5.27. The van der Waals surface area contributed by atoms with Gasteiger partial charge in [0.2, 0.25) is 0 Å². The van der Waals surface area contributed by atoms with Gasteiger partial charge in [-0.25, -0.2) is 4.98 Å². The number of nitrogens with zero attached hydrogens (tertiary/aromatic N) is 2. The summed E-state index contributed by atoms with van der Waals surface area (Å²) >= 11 is 0. The summed E-state index contributed by atoms with van der Waals surface area (Å²) in [5, 5.41) is 9.84. The van der Waals surface area contributed by atoms with Crippen LogP contribution in [0.3, 0.4) is 0 Å². The molecule has 5 nitrogen and oxygen atoms in total. The lowest BCUT2D eigenvalue weighted by atomic mass is 10.2. The van der Waals surface area contributed by atoms with Crippen LogP contribution in [0, 0.1) is 0 Å². The van der Waals surface area contributed by atoms with Gasteiger partial charge in [-0.3, -0.25) is 5.10 Å². The van der Waals surface area contributed by atoms with Gasteiger partial charge in [0.1, 0.15) is 17.9 Å². The summed E-state index contributed by atoms with van der Waals surface area (Å²) in [5.41, 5.74) is 1.18. The minimum absolute atomic E-state index is 0.678. The minimum atomic E-state index is 0.678. The van der Waals surface area contributed by atoms with E-state index in [1.165, 1.54) is 11.9 Å². The highest BCUT2D eigenvalue weighted by atomic mass is 16.5. The fourth-order valence-electron chi connectivity index (χ4n) is 1.42. The lowest BCUT2D eigenvalue weighted by Crippen LogP contribution is -2.13. The summed E-state index contributed by atoms with van der Waals surface area (Å²) in [7, 11) is 1.67. The molecule has 2 aromatic rings. The van der Waals surface area contributed by atoms with Crippen LogP contribution in [-0.4, -0.2) is 22.3 Å². The van der Waals surface area contributed by atoms with Gasteiger partial charge in [-0.05, 0) is 17.7 Å². The van der Waals surface area contributed by atoms with E-state index in [0.717, 1.165) is 18.1 Å². The molecule has 5 heteroatoms. The first-order valence-corrected chi connectivity index (χ1v) is 5.06. The lowest BCUT2D eigenvalue weighted by molar-refractivity contribution is 0.414. The molecular weight excluding hydrogens is 204 g/mol. The zero-order valence-electron chi connectivity index (χ0n) is 9.10. The number of nitrogens with one attached hydrogen (secondary N) is 2. The third-order valence-electron chi connectivity index (χ3n) is 2.22. The number of hydrogen-bond donors (Lipinski definition) is 2. The Morgan fingerprint density at radius 1 is 1.38 bits per heavy atom. The van der Waals surface area contributed by atoms with Crippen LogP contribution < -0.4 is 10.1 Å². The van der Waals surface area contributed by atoms with Crippen LogP contribution >= 0.6 is 0 Å². The molecule has 0 spiro atoms. The number of benzene rings is 1. The predicted molar refractivity (Wildman–Crippen MR) is 59.9 cm³/mol. The minimum Gasteiger partial charge on any atom is -0.497 e. The Labute approximate surface area is 93.9 Å². The smallest absolute Gasteiger partial charge is 0.138 e. The molecule has 1 heterocycles. The normalized spacial score (nSPS) is 10.3. The molecule has 0 atom stereocenters. The summed E-state index contributed by atoms with van der Waals surface area (Å²) in [4.78, 5) is 4.03. The van der Waals surface area contributed by atoms with Gasteiger partial charge in [0.25, 0.3) is 0 Å². The summed E-state index contributed by atoms with van der Waals surface area (Å²) in [5.74, 6) is 1.71. The first-order valence-electron chi connectivity index (χ1n) is 5.06. The lowest BCUT2D eigenvalue weighted by Gasteiger charge is -2.05. The zero-order chi connectivity index (χ0) is 11.2. The van der Waals surface area contributed by atoms with Gasteiger partial charge >= 0.3 is 0 Å². The Kier molecular flexibility index (Phi) is 3.50. The average Bonchev–Trinajstić information content (AvgIpc) is 2.82. The molecule has 2 N–H and O–H groups in total. The second-order valence-corrected chi connectivity index (χ2v) is 3.39. The van der Waals surface area contributed by atoms with E-state index in [1.807, 2.05) is 18.2 Å². The highest BCUT2D eigenvalue weighted by molar-refractivity contribution is 5.28. The fraction of sp³-hybridized carbons (Fsp3) is 0.273. The van der Waals surface area contributed by atoms with E-state index >= 15 is 0 Å². The number of hydrogen-bond acceptors (Lipinski definition) is 4. The second-order valence-electron chi connectivity index (χ2n) is 3.39. The summed E-state index contributed by atoms with van der Waals surface area (Å²) in [6.07, 6.45) is 1.50. The molecule has 0 saturated heterocycles. The van der Waals surface area contributed by atoms with Crippen molar-refractivity contribution in [3.63, 3.8) is 0 Å². The Bertz CT molecular complexity index is 427. The number of ether oxygens (including phenoxy) is 1. The molecule has 0 amide bonds. The van der Waals surface area contributed by atoms with Crippen LogP contribution in [0.15, 0.2) is 30.6 Å². The van der Waals surface area contributed by atoms with Crippen LogP contribution in [-0.2, 0) is 13.1 Å². The van der Waals surface area contributed by atoms with E-state index in [0.29, 0.717) is 6.54 Å². The topological polar surface area (TPSA) is 62.8 Å². The fourth-order valence-corrected chi connectivity index (χ4v) is 1.42. The van der Waals surface area contributed by atoms with Crippen molar-refractivity contribution in [2.75, 3.05) is 7.11 Å². The van der Waals surface area contributed by atoms with Gasteiger partial charge in [0.05, 0.1) is 13.7 Å². The molecule has 16 heavy (non-hydrogen) atoms. The highest BCUT2D eigenvalue weighted by Crippen LogP contribution is 2.12. The zero-order valence-corrected chi connectivity index (χ0v) is 9.10. The number of rotatable bonds is 5. The molecule has 0 bridgehead atoms. The van der Waals surface area contributed by atoms with E-state index in [9.17, 15) is 0 Å². The largest absolute Gasteiger partial charge is 0.497 e. The molecule has 84 valence electrons. The van der Waals surface area contributed by atoms with Gasteiger partial charge in [-0.15, -0.1) is 0 Å². The van der Waals surface area contributed by atoms with Crippen molar-refractivity contribution in [1.29, 1.82) is 0 Å². The number of aromatic nitrogens is 3. The first kappa shape index (κ1) is 10.6. The molecule has 0 aliphatic rings. The van der Waals surface area contributed by atoms with Crippen LogP contribution in [0.5, 0.6) is 5.75 Å². The summed E-state index contributed by atoms with van der Waals surface area (Å²) in [6.45, 7) is 1.45. The molecule has 0 radical (unpaired) electrons. The maximum Gasteiger partial charge on any atom is 0.138 e. The van der Waals surface area contributed by atoms with Gasteiger partial charge < -0.3 is 10.1 Å². The number of H-pyrrole nitrogens is 1. The third-order valence-corrected chi connectivity index (χ3v) is 2.22. The van der Waals surface area contributed by atoms with Crippen molar-refractivity contribution < 1.29 is 4.74 Å². The van der Waals surface area contributed by atoms with Gasteiger partial charge in [-0.1, -0.05) is 12.1 Å². The monoisotopic (exact) mass is 218 g/mol. The average molecular weight is 218 g/mol. The van der Waals surface area contributed by atoms with Gasteiger partial charge in [0.15, 0.2) is 0 Å². The van der Waals surface area contributed by atoms with Crippen LogP contribution in [0.2, 0.25) is 0 Å². The van der Waals surface area contributed by atoms with E-state index < -0.39 is 0 Å². The van der Waals surface area contributed by atoms with Crippen LogP contribution in [0.4, 0.5) is 0 Å². The van der Waals surface area contributed by atoms with Crippen molar-refractivity contribution >= 4 is 0 Å². The summed E-state index contributed by atoms with van der Waals surface area (Å²) in [6, 6.07) is 7.97. The van der Waals surface area contributed by atoms with Gasteiger partial charge in [0, 0.05) is 6.54 Å². The number of methoxy groups -OCH3 is 1. The van der Waals surface area contributed by atoms with E-state index in [2.05, 4.69) is 26.6 Å². The Morgan fingerprint density at radius 2 is 2.31 bits per heavy atom. The van der Waals surface area contributed by atoms with E-state index in [4.69, 9.17) is 4.74 Å². The molecule has 1 aromatic heterocycles. The molecule has 1 aromatic carbocycles. The van der Waals surface area contributed by atoms with Gasteiger partial charge in [-0.2, -0.15) is 5.10 Å². The molecule has 0 unspecified atom stereocenters. The maximum absolute atomic E-state index is 5.15. The van der Waals surface area contributed by atoms with E-state index in [-0.39, 0.29) is 0 Å². The molecule has 0 saturated carbocycles. The SMILES string of the molecule is COc1cccc(CNCc2ncn[nH]2)c1. The van der Waals surface area contributed by atoms with E-state index in [1.54, 1.807) is 7.11 Å². The van der Waals surface area contributed by atoms with Crippen LogP contribution in [0.25, 0.3) is 0 Å². The van der Waals surface area contributed by atoms with Crippen molar-refractivity contribution in [2.45, 2.75) is 13.1 Å². The molecular formula is C11H14N4O. The Balaban J connectivity index is 1.85. The molecule has 0 fully saturated rings. The standard InChI is InChI=1S/C11H14N4O/c1-16-10-4-2-3-9(5-10)6-12-7-11-13-8-14-15-11/h2-5,8,12H,6-7H2,1H3,(H,13,14,15). The third kappa shape index (κ3) is 2.80. The quantitative estimate of drug-likeness (QED) is 0.789. The highest BCUT2D eigenvalue weighted by Gasteiger charge is 1.97. The Morgan fingerprint density at radius 3 is 3.06 bits per heavy atom. The van der Waals surface area contributed by atoms with Crippen molar-refractivity contribution in [3.05, 3.63) is 42.0 Å². The molecule has 0 aliphatic heterocycles. The van der Waals surface area contributed by atoms with Crippen molar-refractivity contribution in [2.24, 2.45) is 0 Å². The predicted octanol–water partition coefficient (Wildman–Crippen LogP) is 1.10.